The average molecular weight is 520 g/mol. The van der Waals surface area contributed by atoms with E-state index in [0.29, 0.717) is 24.1 Å². The number of nitriles is 2. The smallest absolute Gasteiger partial charge is 0.206 e. The second-order valence-corrected chi connectivity index (χ2v) is 9.32. The van der Waals surface area contributed by atoms with Crippen LogP contribution in [0.1, 0.15) is 40.7 Å². The zero-order valence-corrected chi connectivity index (χ0v) is 20.3. The monoisotopic (exact) mass is 519 g/mol. The largest absolute Gasteiger partial charge is 0.419 e. The summed E-state index contributed by atoms with van der Waals surface area (Å²) in [7, 11) is 0. The molecule has 0 N–H and O–H groups in total. The van der Waals surface area contributed by atoms with Crippen molar-refractivity contribution in [2.45, 2.75) is 19.0 Å². The molecule has 4 aromatic rings. The molecule has 0 unspecified atom stereocenters. The zero-order chi connectivity index (χ0) is 27.3. The third-order valence-electron chi connectivity index (χ3n) is 7.15. The van der Waals surface area contributed by atoms with Crippen molar-refractivity contribution >= 4 is 11.3 Å². The van der Waals surface area contributed by atoms with Gasteiger partial charge in [-0.15, -0.1) is 0 Å². The first-order valence-corrected chi connectivity index (χ1v) is 12.2. The predicted octanol–water partition coefficient (Wildman–Crippen LogP) is 8.53. The molecule has 6 rings (SSSR count). The highest BCUT2D eigenvalue weighted by atomic mass is 19.4. The van der Waals surface area contributed by atoms with Gasteiger partial charge >= 0.3 is 6.18 Å². The van der Waals surface area contributed by atoms with E-state index in [9.17, 15) is 22.8 Å². The van der Waals surface area contributed by atoms with E-state index in [-0.39, 0.29) is 5.56 Å². The summed E-state index contributed by atoms with van der Waals surface area (Å²) in [6.45, 7) is 0. The fraction of sp³-hybridized carbons (Fsp3) is 0.0938. The molecule has 0 saturated heterocycles. The molecule has 0 spiro atoms. The number of fused-ring (bicyclic) bond motifs is 6. The maximum Gasteiger partial charge on any atom is 0.419 e. The summed E-state index contributed by atoms with van der Waals surface area (Å²) in [5.41, 5.74) is 8.06. The molecule has 7 heteroatoms. The highest BCUT2D eigenvalue weighted by Gasteiger charge is 2.35. The van der Waals surface area contributed by atoms with Gasteiger partial charge in [0, 0.05) is 17.5 Å². The predicted molar refractivity (Wildman–Crippen MR) is 141 cm³/mol. The van der Waals surface area contributed by atoms with Gasteiger partial charge in [-0.2, -0.15) is 28.7 Å². The van der Waals surface area contributed by atoms with Crippen LogP contribution >= 0.6 is 0 Å². The summed E-state index contributed by atoms with van der Waals surface area (Å²) >= 11 is 0. The Kier molecular flexibility index (Phi) is 5.66. The van der Waals surface area contributed by atoms with E-state index in [1.807, 2.05) is 54.7 Å². The molecule has 2 aliphatic carbocycles. The van der Waals surface area contributed by atoms with Gasteiger partial charge in [-0.3, -0.25) is 0 Å². The number of halogens is 4. The van der Waals surface area contributed by atoms with Crippen LogP contribution in [0, 0.1) is 28.6 Å². The zero-order valence-electron chi connectivity index (χ0n) is 20.3. The maximum atomic E-state index is 13.9. The number of nitrogens with zero attached hydrogens (tertiary/aromatic N) is 3. The van der Waals surface area contributed by atoms with Gasteiger partial charge in [0.05, 0.1) is 17.3 Å². The molecular weight excluding hydrogens is 502 g/mol. The Morgan fingerprint density at radius 2 is 1.36 bits per heavy atom. The Balaban J connectivity index is 1.54. The first-order chi connectivity index (χ1) is 18.8. The molecule has 0 aromatic heterocycles. The molecule has 2 aliphatic rings. The van der Waals surface area contributed by atoms with Crippen molar-refractivity contribution in [2.24, 2.45) is 4.99 Å². The molecule has 39 heavy (non-hydrogen) atoms. The first kappa shape index (κ1) is 24.3. The van der Waals surface area contributed by atoms with E-state index in [4.69, 9.17) is 5.26 Å². The van der Waals surface area contributed by atoms with Gasteiger partial charge in [-0.1, -0.05) is 48.5 Å². The molecule has 4 aromatic carbocycles. The van der Waals surface area contributed by atoms with Crippen molar-refractivity contribution < 1.29 is 17.6 Å². The van der Waals surface area contributed by atoms with E-state index < -0.39 is 17.6 Å². The van der Waals surface area contributed by atoms with Crippen LogP contribution in [0.2, 0.25) is 0 Å². The van der Waals surface area contributed by atoms with Crippen LogP contribution in [0.4, 0.5) is 17.6 Å². The average Bonchev–Trinajstić information content (AvgIpc) is 3.39. The summed E-state index contributed by atoms with van der Waals surface area (Å²) < 4.78 is 54.1. The van der Waals surface area contributed by atoms with Gasteiger partial charge in [0.15, 0.2) is 0 Å². The minimum Gasteiger partial charge on any atom is -0.206 e. The lowest BCUT2D eigenvalue weighted by Gasteiger charge is -2.11. The molecular formula is C32H17F4N3. The van der Waals surface area contributed by atoms with Gasteiger partial charge in [0.25, 0.3) is 0 Å². The number of allylic oxidation sites excluding steroid dienone is 1. The van der Waals surface area contributed by atoms with Crippen LogP contribution in [0.3, 0.4) is 0 Å². The molecule has 0 saturated carbocycles. The van der Waals surface area contributed by atoms with E-state index in [0.717, 1.165) is 62.2 Å². The summed E-state index contributed by atoms with van der Waals surface area (Å²) in [4.78, 5) is 4.11. The van der Waals surface area contributed by atoms with Gasteiger partial charge in [0.2, 0.25) is 6.19 Å². The van der Waals surface area contributed by atoms with Gasteiger partial charge in [-0.25, -0.2) is 4.39 Å². The van der Waals surface area contributed by atoms with Crippen LogP contribution in [0.25, 0.3) is 39.0 Å². The lowest BCUT2D eigenvalue weighted by atomic mass is 9.95. The van der Waals surface area contributed by atoms with Crippen LogP contribution in [0.15, 0.2) is 83.9 Å². The summed E-state index contributed by atoms with van der Waals surface area (Å²) in [6, 6.07) is 22.3. The van der Waals surface area contributed by atoms with E-state index in [1.165, 1.54) is 6.07 Å². The molecule has 0 amide bonds. The molecule has 0 radical (unpaired) electrons. The molecule has 188 valence electrons. The minimum atomic E-state index is -4.81. The van der Waals surface area contributed by atoms with Crippen molar-refractivity contribution in [2.75, 3.05) is 0 Å². The number of aliphatic imine (C=N–C) groups is 1. The molecule has 0 bridgehead atoms. The van der Waals surface area contributed by atoms with Crippen molar-refractivity contribution in [3.8, 4) is 45.6 Å². The third kappa shape index (κ3) is 3.91. The Morgan fingerprint density at radius 3 is 2.10 bits per heavy atom. The Morgan fingerprint density at radius 1 is 0.718 bits per heavy atom. The fourth-order valence-corrected chi connectivity index (χ4v) is 5.45. The quantitative estimate of drug-likeness (QED) is 0.134. The number of unbranched alkanes of at least 4 members (excludes halogenated alkanes) is 1. The second kappa shape index (κ2) is 9.08. The Hall–Kier alpha value is -5.01. The standard InChI is InChI=1S/C32H17F4N3/c33-30-11-9-19(14-29(30)32(34,35)36)18-8-10-22-24(13-18)21(6-3-4-12-37)25-15-27-20-5-1-2-7-23(20)31(39-17-38)28(27)16-26(22)25/h1-2,5-11,13-16H,3-4H2/b21-6+,39-31?. The highest BCUT2D eigenvalue weighted by molar-refractivity contribution is 6.26. The first-order valence-electron chi connectivity index (χ1n) is 12.2. The van der Waals surface area contributed by atoms with E-state index in [1.54, 1.807) is 6.07 Å². The topological polar surface area (TPSA) is 59.9 Å². The molecule has 0 heterocycles. The third-order valence-corrected chi connectivity index (χ3v) is 7.15. The van der Waals surface area contributed by atoms with Crippen molar-refractivity contribution in [1.82, 2.24) is 0 Å². The van der Waals surface area contributed by atoms with Crippen LogP contribution in [0.5, 0.6) is 0 Å². The summed E-state index contributed by atoms with van der Waals surface area (Å²) in [5.74, 6) is -1.32. The normalized spacial score (nSPS) is 14.9. The lowest BCUT2D eigenvalue weighted by molar-refractivity contribution is -0.139. The number of hydrogen-bond acceptors (Lipinski definition) is 3. The highest BCUT2D eigenvalue weighted by Crippen LogP contribution is 2.50. The summed E-state index contributed by atoms with van der Waals surface area (Å²) in [5, 5.41) is 18.5. The van der Waals surface area contributed by atoms with E-state index >= 15 is 0 Å². The van der Waals surface area contributed by atoms with Crippen molar-refractivity contribution in [3.63, 3.8) is 0 Å². The van der Waals surface area contributed by atoms with Crippen LogP contribution in [-0.2, 0) is 6.18 Å². The minimum absolute atomic E-state index is 0.249. The van der Waals surface area contributed by atoms with Gasteiger partial charge in [-0.05, 0) is 86.8 Å². The molecule has 0 aliphatic heterocycles. The fourth-order valence-electron chi connectivity index (χ4n) is 5.45. The molecule has 0 fully saturated rings. The molecule has 3 nitrogen and oxygen atoms in total. The van der Waals surface area contributed by atoms with Gasteiger partial charge in [0.1, 0.15) is 5.82 Å². The lowest BCUT2D eigenvalue weighted by Crippen LogP contribution is -2.08. The number of alkyl halides is 3. The van der Waals surface area contributed by atoms with Crippen LogP contribution < -0.4 is 0 Å². The second-order valence-electron chi connectivity index (χ2n) is 9.32. The van der Waals surface area contributed by atoms with Crippen LogP contribution in [-0.4, -0.2) is 5.71 Å². The Bertz CT molecular complexity index is 1830. The SMILES string of the molecule is N#CCC/C=C1\c2cc(-c3ccc(F)c(C(F)(F)F)c3)ccc2-c2cc3c(cc21)-c1ccccc1C3=NC#N. The maximum absolute atomic E-state index is 13.9. The van der Waals surface area contributed by atoms with Crippen molar-refractivity contribution in [3.05, 3.63) is 113 Å². The number of rotatable bonds is 3. The van der Waals surface area contributed by atoms with Crippen molar-refractivity contribution in [1.29, 1.82) is 10.5 Å². The molecule has 0 atom stereocenters. The number of hydrogen-bond donors (Lipinski definition) is 0. The number of benzene rings is 4. The Labute approximate surface area is 221 Å². The summed E-state index contributed by atoms with van der Waals surface area (Å²) in [6.07, 6.45) is -0.121. The van der Waals surface area contributed by atoms with E-state index in [2.05, 4.69) is 17.1 Å². The van der Waals surface area contributed by atoms with Gasteiger partial charge < -0.3 is 0 Å².